The molecule has 5 nitrogen and oxygen atoms in total. The molecule has 5 heteroatoms. The lowest BCUT2D eigenvalue weighted by atomic mass is 9.96. The van der Waals surface area contributed by atoms with E-state index >= 15 is 0 Å². The second-order valence-electron chi connectivity index (χ2n) is 6.05. The number of hydrogen-bond acceptors (Lipinski definition) is 3. The molecule has 2 heterocycles. The van der Waals surface area contributed by atoms with Gasteiger partial charge in [0.2, 0.25) is 0 Å². The van der Waals surface area contributed by atoms with Crippen LogP contribution in [-0.2, 0) is 5.41 Å². The molecule has 0 saturated heterocycles. The Bertz CT molecular complexity index is 626. The summed E-state index contributed by atoms with van der Waals surface area (Å²) in [7, 11) is 0. The van der Waals surface area contributed by atoms with Crippen molar-refractivity contribution in [2.45, 2.75) is 39.2 Å². The van der Waals surface area contributed by atoms with Crippen LogP contribution in [-0.4, -0.2) is 33.0 Å². The zero-order valence-corrected chi connectivity index (χ0v) is 12.3. The maximum absolute atomic E-state index is 12.3. The predicted octanol–water partition coefficient (Wildman–Crippen LogP) is 1.74. The van der Waals surface area contributed by atoms with Crippen molar-refractivity contribution in [2.75, 3.05) is 6.61 Å². The molecule has 0 radical (unpaired) electrons. The number of aromatic nitrogens is 2. The van der Waals surface area contributed by atoms with Crippen molar-refractivity contribution in [1.29, 1.82) is 0 Å². The van der Waals surface area contributed by atoms with Gasteiger partial charge in [0, 0.05) is 17.7 Å². The van der Waals surface area contributed by atoms with Crippen LogP contribution in [0.3, 0.4) is 0 Å². The first-order chi connectivity index (χ1) is 9.34. The van der Waals surface area contributed by atoms with Gasteiger partial charge in [0.1, 0.15) is 5.82 Å². The van der Waals surface area contributed by atoms with Gasteiger partial charge in [-0.3, -0.25) is 4.79 Å². The largest absolute Gasteiger partial charge is 0.394 e. The summed E-state index contributed by atoms with van der Waals surface area (Å²) in [5, 5.41) is 11.8. The maximum Gasteiger partial charge on any atom is 0.272 e. The molecular formula is C15H21N3O2. The summed E-state index contributed by atoms with van der Waals surface area (Å²) >= 11 is 0. The Morgan fingerprint density at radius 2 is 2.15 bits per heavy atom. The average Bonchev–Trinajstić information content (AvgIpc) is 2.78. The van der Waals surface area contributed by atoms with Gasteiger partial charge in [0.05, 0.1) is 12.1 Å². The summed E-state index contributed by atoms with van der Waals surface area (Å²) in [6.45, 7) is 7.84. The van der Waals surface area contributed by atoms with Crippen molar-refractivity contribution < 1.29 is 9.90 Å². The van der Waals surface area contributed by atoms with Crippen LogP contribution in [0, 0.1) is 0 Å². The zero-order chi connectivity index (χ0) is 14.9. The molecule has 2 aromatic heterocycles. The van der Waals surface area contributed by atoms with Gasteiger partial charge < -0.3 is 14.8 Å². The van der Waals surface area contributed by atoms with Crippen LogP contribution >= 0.6 is 0 Å². The van der Waals surface area contributed by atoms with Crippen LogP contribution < -0.4 is 5.32 Å². The molecule has 0 saturated carbocycles. The Balaban J connectivity index is 2.52. The number of carbonyl (C=O) groups is 1. The van der Waals surface area contributed by atoms with Gasteiger partial charge in [-0.15, -0.1) is 0 Å². The summed E-state index contributed by atoms with van der Waals surface area (Å²) in [6.07, 6.45) is 1.91. The van der Waals surface area contributed by atoms with E-state index in [9.17, 15) is 4.79 Å². The van der Waals surface area contributed by atoms with Gasteiger partial charge in [-0.2, -0.15) is 0 Å². The molecule has 20 heavy (non-hydrogen) atoms. The van der Waals surface area contributed by atoms with Crippen LogP contribution in [0.4, 0.5) is 0 Å². The Kier molecular flexibility index (Phi) is 3.81. The molecule has 0 aliphatic heterocycles. The Morgan fingerprint density at radius 1 is 1.45 bits per heavy atom. The number of pyridine rings is 1. The summed E-state index contributed by atoms with van der Waals surface area (Å²) in [6, 6.07) is 5.39. The Hall–Kier alpha value is -1.88. The number of fused-ring (bicyclic) bond motifs is 1. The third-order valence-corrected chi connectivity index (χ3v) is 3.09. The smallest absolute Gasteiger partial charge is 0.272 e. The van der Waals surface area contributed by atoms with E-state index in [0.29, 0.717) is 5.69 Å². The minimum Gasteiger partial charge on any atom is -0.394 e. The molecule has 1 atom stereocenters. The minimum absolute atomic E-state index is 0.0936. The molecule has 2 rings (SSSR count). The molecule has 1 amide bonds. The minimum atomic E-state index is -0.291. The summed E-state index contributed by atoms with van der Waals surface area (Å²) in [5.41, 5.74) is 1.02. The van der Waals surface area contributed by atoms with Crippen molar-refractivity contribution in [3.8, 4) is 0 Å². The summed E-state index contributed by atoms with van der Waals surface area (Å²) in [5.74, 6) is 0.584. The fourth-order valence-electron chi connectivity index (χ4n) is 2.07. The highest BCUT2D eigenvalue weighted by Crippen LogP contribution is 2.24. The molecule has 0 fully saturated rings. The molecule has 1 unspecified atom stereocenters. The highest BCUT2D eigenvalue weighted by atomic mass is 16.3. The number of nitrogens with zero attached hydrogens (tertiary/aromatic N) is 2. The second kappa shape index (κ2) is 5.25. The Labute approximate surface area is 118 Å². The number of carbonyl (C=O) groups excluding carboxylic acids is 1. The monoisotopic (exact) mass is 275 g/mol. The summed E-state index contributed by atoms with van der Waals surface area (Å²) in [4.78, 5) is 16.8. The number of hydrogen-bond donors (Lipinski definition) is 2. The van der Waals surface area contributed by atoms with Crippen molar-refractivity contribution >= 4 is 11.4 Å². The standard InChI is InChI=1S/C15H21N3O2/c1-10(9-19)16-13(20)12-11-7-5-6-8-18(11)14(17-12)15(2,3)4/h5-8,10,19H,9H2,1-4H3,(H,16,20). The van der Waals surface area contributed by atoms with Gasteiger partial charge in [0.25, 0.3) is 5.91 Å². The van der Waals surface area contributed by atoms with E-state index in [4.69, 9.17) is 5.11 Å². The average molecular weight is 275 g/mol. The third kappa shape index (κ3) is 2.67. The quantitative estimate of drug-likeness (QED) is 0.896. The molecule has 108 valence electrons. The van der Waals surface area contributed by atoms with Gasteiger partial charge in [0.15, 0.2) is 5.69 Å². The lowest BCUT2D eigenvalue weighted by Crippen LogP contribution is -2.35. The highest BCUT2D eigenvalue weighted by Gasteiger charge is 2.25. The fraction of sp³-hybridized carbons (Fsp3) is 0.467. The number of rotatable bonds is 3. The molecular weight excluding hydrogens is 254 g/mol. The van der Waals surface area contributed by atoms with Crippen LogP contribution in [0.5, 0.6) is 0 Å². The number of aliphatic hydroxyl groups excluding tert-OH is 1. The van der Waals surface area contributed by atoms with Crippen LogP contribution in [0.25, 0.3) is 5.52 Å². The van der Waals surface area contributed by atoms with E-state index in [1.807, 2.05) is 28.8 Å². The summed E-state index contributed by atoms with van der Waals surface area (Å²) < 4.78 is 1.94. The number of amides is 1. The second-order valence-corrected chi connectivity index (χ2v) is 6.05. The predicted molar refractivity (Wildman–Crippen MR) is 77.9 cm³/mol. The molecule has 2 N–H and O–H groups in total. The van der Waals surface area contributed by atoms with Crippen molar-refractivity contribution in [2.24, 2.45) is 0 Å². The van der Waals surface area contributed by atoms with E-state index in [2.05, 4.69) is 31.1 Å². The number of imidazole rings is 1. The first-order valence-corrected chi connectivity index (χ1v) is 6.74. The van der Waals surface area contributed by atoms with E-state index < -0.39 is 0 Å². The number of aliphatic hydroxyl groups is 1. The van der Waals surface area contributed by atoms with Gasteiger partial charge in [-0.25, -0.2) is 4.98 Å². The lowest BCUT2D eigenvalue weighted by Gasteiger charge is -2.16. The van der Waals surface area contributed by atoms with Crippen molar-refractivity contribution in [3.63, 3.8) is 0 Å². The first-order valence-electron chi connectivity index (χ1n) is 6.74. The lowest BCUT2D eigenvalue weighted by molar-refractivity contribution is 0.0919. The molecule has 0 aliphatic carbocycles. The third-order valence-electron chi connectivity index (χ3n) is 3.09. The van der Waals surface area contributed by atoms with Gasteiger partial charge >= 0.3 is 0 Å². The van der Waals surface area contributed by atoms with E-state index in [-0.39, 0.29) is 24.0 Å². The highest BCUT2D eigenvalue weighted by molar-refractivity contribution is 5.99. The van der Waals surface area contributed by atoms with E-state index in [1.165, 1.54) is 0 Å². The van der Waals surface area contributed by atoms with E-state index in [0.717, 1.165) is 11.3 Å². The SMILES string of the molecule is CC(CO)NC(=O)c1nc(C(C)(C)C)n2ccccc12. The fourth-order valence-corrected chi connectivity index (χ4v) is 2.07. The van der Waals surface area contributed by atoms with Gasteiger partial charge in [-0.05, 0) is 19.1 Å². The molecule has 0 aromatic carbocycles. The zero-order valence-electron chi connectivity index (χ0n) is 12.3. The van der Waals surface area contributed by atoms with Crippen LogP contribution in [0.15, 0.2) is 24.4 Å². The van der Waals surface area contributed by atoms with E-state index in [1.54, 1.807) is 6.92 Å². The molecule has 2 aromatic rings. The first kappa shape index (κ1) is 14.5. The molecule has 0 spiro atoms. The molecule has 0 bridgehead atoms. The Morgan fingerprint density at radius 3 is 2.75 bits per heavy atom. The van der Waals surface area contributed by atoms with Crippen molar-refractivity contribution in [3.05, 3.63) is 35.9 Å². The maximum atomic E-state index is 12.3. The normalized spacial score (nSPS) is 13.4. The number of nitrogens with one attached hydrogen (secondary N) is 1. The van der Waals surface area contributed by atoms with Crippen molar-refractivity contribution in [1.82, 2.24) is 14.7 Å². The van der Waals surface area contributed by atoms with Crippen LogP contribution in [0.1, 0.15) is 44.0 Å². The van der Waals surface area contributed by atoms with Gasteiger partial charge in [-0.1, -0.05) is 26.8 Å². The molecule has 0 aliphatic rings. The van der Waals surface area contributed by atoms with Crippen LogP contribution in [0.2, 0.25) is 0 Å². The topological polar surface area (TPSA) is 66.6 Å².